The Morgan fingerprint density at radius 2 is 2.33 bits per heavy atom. The van der Waals surface area contributed by atoms with Gasteiger partial charge in [-0.15, -0.1) is 0 Å². The molecule has 1 aromatic carbocycles. The average Bonchev–Trinajstić information content (AvgIpc) is 2.21. The van der Waals surface area contributed by atoms with Crippen molar-refractivity contribution >= 4 is 11.6 Å². The fraction of sp³-hybridized carbons (Fsp3) is 0.417. The zero-order valence-electron chi connectivity index (χ0n) is 9.13. The van der Waals surface area contributed by atoms with Crippen molar-refractivity contribution in [1.82, 2.24) is 5.32 Å². The van der Waals surface area contributed by atoms with E-state index in [1.54, 1.807) is 0 Å². The molecule has 1 aliphatic heterocycles. The number of fused-ring (bicyclic) bond motifs is 1. The summed E-state index contributed by atoms with van der Waals surface area (Å²) in [6.07, 6.45) is 0.788. The normalized spacial score (nSPS) is 19.6. The van der Waals surface area contributed by atoms with Crippen LogP contribution in [0, 0.1) is 6.92 Å². The molecule has 15 heavy (non-hydrogen) atoms. The number of benzene rings is 1. The lowest BCUT2D eigenvalue weighted by Gasteiger charge is -2.26. The van der Waals surface area contributed by atoms with E-state index in [-0.39, 0.29) is 11.9 Å². The lowest BCUT2D eigenvalue weighted by atomic mass is 9.96. The third kappa shape index (κ3) is 1.88. The first-order valence-electron chi connectivity index (χ1n) is 5.35. The SMILES string of the molecule is CCNC1Cc2cccc(C)c2NC1=O. The Hall–Kier alpha value is -1.35. The van der Waals surface area contributed by atoms with Crippen LogP contribution in [-0.4, -0.2) is 18.5 Å². The lowest BCUT2D eigenvalue weighted by Crippen LogP contribution is -2.45. The zero-order chi connectivity index (χ0) is 10.8. The van der Waals surface area contributed by atoms with Crippen molar-refractivity contribution in [3.63, 3.8) is 0 Å². The van der Waals surface area contributed by atoms with Gasteiger partial charge in [-0.3, -0.25) is 4.79 Å². The van der Waals surface area contributed by atoms with Gasteiger partial charge in [-0.25, -0.2) is 0 Å². The number of carbonyl (C=O) groups is 1. The van der Waals surface area contributed by atoms with E-state index >= 15 is 0 Å². The smallest absolute Gasteiger partial charge is 0.241 e. The van der Waals surface area contributed by atoms with Gasteiger partial charge in [-0.05, 0) is 31.0 Å². The molecular formula is C12H16N2O. The highest BCUT2D eigenvalue weighted by molar-refractivity contribution is 5.98. The number of hydrogen-bond acceptors (Lipinski definition) is 2. The number of carbonyl (C=O) groups excluding carboxylic acids is 1. The molecule has 0 saturated carbocycles. The molecule has 1 aromatic rings. The monoisotopic (exact) mass is 204 g/mol. The van der Waals surface area contributed by atoms with Crippen molar-refractivity contribution in [2.24, 2.45) is 0 Å². The van der Waals surface area contributed by atoms with Crippen molar-refractivity contribution in [3.8, 4) is 0 Å². The Morgan fingerprint density at radius 3 is 3.07 bits per heavy atom. The van der Waals surface area contributed by atoms with Crippen LogP contribution in [0.2, 0.25) is 0 Å². The van der Waals surface area contributed by atoms with E-state index < -0.39 is 0 Å². The summed E-state index contributed by atoms with van der Waals surface area (Å²) >= 11 is 0. The van der Waals surface area contributed by atoms with E-state index in [0.717, 1.165) is 24.2 Å². The van der Waals surface area contributed by atoms with Gasteiger partial charge in [0.1, 0.15) is 0 Å². The van der Waals surface area contributed by atoms with Crippen molar-refractivity contribution < 1.29 is 4.79 Å². The minimum atomic E-state index is -0.0794. The molecule has 0 aliphatic carbocycles. The maximum atomic E-state index is 11.7. The molecular weight excluding hydrogens is 188 g/mol. The van der Waals surface area contributed by atoms with Crippen LogP contribution in [0.3, 0.4) is 0 Å². The third-order valence-corrected chi connectivity index (χ3v) is 2.80. The van der Waals surface area contributed by atoms with E-state index in [1.807, 2.05) is 26.0 Å². The van der Waals surface area contributed by atoms with Crippen LogP contribution in [0.5, 0.6) is 0 Å². The van der Waals surface area contributed by atoms with Crippen LogP contribution in [0.25, 0.3) is 0 Å². The minimum Gasteiger partial charge on any atom is -0.324 e. The predicted octanol–water partition coefficient (Wildman–Crippen LogP) is 1.47. The number of rotatable bonds is 2. The molecule has 1 aliphatic rings. The molecule has 1 heterocycles. The number of likely N-dealkylation sites (N-methyl/N-ethyl adjacent to an activating group) is 1. The number of para-hydroxylation sites is 1. The molecule has 2 rings (SSSR count). The fourth-order valence-electron chi connectivity index (χ4n) is 2.01. The largest absolute Gasteiger partial charge is 0.324 e. The van der Waals surface area contributed by atoms with Crippen LogP contribution >= 0.6 is 0 Å². The summed E-state index contributed by atoms with van der Waals surface area (Å²) < 4.78 is 0. The maximum absolute atomic E-state index is 11.7. The Bertz CT molecular complexity index is 387. The summed E-state index contributed by atoms with van der Waals surface area (Å²) in [6, 6.07) is 6.05. The molecule has 0 saturated heterocycles. The van der Waals surface area contributed by atoms with Gasteiger partial charge >= 0.3 is 0 Å². The molecule has 0 fully saturated rings. The molecule has 3 nitrogen and oxygen atoms in total. The van der Waals surface area contributed by atoms with E-state index in [9.17, 15) is 4.79 Å². The van der Waals surface area contributed by atoms with Gasteiger partial charge in [0.2, 0.25) is 5.91 Å². The van der Waals surface area contributed by atoms with Crippen molar-refractivity contribution in [3.05, 3.63) is 29.3 Å². The zero-order valence-corrected chi connectivity index (χ0v) is 9.13. The molecule has 1 amide bonds. The lowest BCUT2D eigenvalue weighted by molar-refractivity contribution is -0.118. The highest BCUT2D eigenvalue weighted by Gasteiger charge is 2.25. The molecule has 0 bridgehead atoms. The number of nitrogens with one attached hydrogen (secondary N) is 2. The first-order valence-corrected chi connectivity index (χ1v) is 5.35. The van der Waals surface area contributed by atoms with E-state index in [2.05, 4.69) is 16.7 Å². The highest BCUT2D eigenvalue weighted by Crippen LogP contribution is 2.25. The maximum Gasteiger partial charge on any atom is 0.241 e. The van der Waals surface area contributed by atoms with Crippen LogP contribution in [-0.2, 0) is 11.2 Å². The van der Waals surface area contributed by atoms with E-state index in [0.29, 0.717) is 0 Å². The van der Waals surface area contributed by atoms with Gasteiger partial charge < -0.3 is 10.6 Å². The van der Waals surface area contributed by atoms with Crippen LogP contribution in [0.1, 0.15) is 18.1 Å². The summed E-state index contributed by atoms with van der Waals surface area (Å²) in [4.78, 5) is 11.7. The third-order valence-electron chi connectivity index (χ3n) is 2.80. The van der Waals surface area contributed by atoms with Crippen LogP contribution < -0.4 is 10.6 Å². The van der Waals surface area contributed by atoms with Crippen molar-refractivity contribution in [2.45, 2.75) is 26.3 Å². The van der Waals surface area contributed by atoms with E-state index in [4.69, 9.17) is 0 Å². The second-order valence-corrected chi connectivity index (χ2v) is 3.91. The summed E-state index contributed by atoms with van der Waals surface area (Å²) in [6.45, 7) is 4.85. The van der Waals surface area contributed by atoms with Gasteiger partial charge in [0, 0.05) is 5.69 Å². The second-order valence-electron chi connectivity index (χ2n) is 3.91. The van der Waals surface area contributed by atoms with Gasteiger partial charge in [-0.1, -0.05) is 25.1 Å². The number of aryl methyl sites for hydroxylation is 1. The molecule has 2 N–H and O–H groups in total. The number of anilines is 1. The second kappa shape index (κ2) is 4.03. The molecule has 3 heteroatoms. The summed E-state index contributed by atoms with van der Waals surface area (Å²) in [7, 11) is 0. The minimum absolute atomic E-state index is 0.0794. The van der Waals surface area contributed by atoms with Gasteiger partial charge in [0.25, 0.3) is 0 Å². The van der Waals surface area contributed by atoms with Gasteiger partial charge in [0.05, 0.1) is 6.04 Å². The quantitative estimate of drug-likeness (QED) is 0.766. The fourth-order valence-corrected chi connectivity index (χ4v) is 2.01. The van der Waals surface area contributed by atoms with Gasteiger partial charge in [-0.2, -0.15) is 0 Å². The van der Waals surface area contributed by atoms with Crippen molar-refractivity contribution in [1.29, 1.82) is 0 Å². The molecule has 80 valence electrons. The Balaban J connectivity index is 2.30. The first kappa shape index (κ1) is 10.2. The summed E-state index contributed by atoms with van der Waals surface area (Å²) in [5, 5.41) is 6.14. The number of amides is 1. The van der Waals surface area contributed by atoms with Crippen molar-refractivity contribution in [2.75, 3.05) is 11.9 Å². The Morgan fingerprint density at radius 1 is 1.53 bits per heavy atom. The van der Waals surface area contributed by atoms with E-state index in [1.165, 1.54) is 5.56 Å². The highest BCUT2D eigenvalue weighted by atomic mass is 16.2. The Labute approximate surface area is 89.9 Å². The summed E-state index contributed by atoms with van der Waals surface area (Å²) in [5.41, 5.74) is 3.35. The standard InChI is InChI=1S/C12H16N2O/c1-3-13-10-7-9-6-4-5-8(2)11(9)14-12(10)15/h4-6,10,13H,3,7H2,1-2H3,(H,14,15). The topological polar surface area (TPSA) is 41.1 Å². The predicted molar refractivity (Wildman–Crippen MR) is 61.0 cm³/mol. The first-order chi connectivity index (χ1) is 7.22. The Kier molecular flexibility index (Phi) is 2.73. The average molecular weight is 204 g/mol. The molecule has 0 radical (unpaired) electrons. The summed E-state index contributed by atoms with van der Waals surface area (Å²) in [5.74, 6) is 0.0821. The van der Waals surface area contributed by atoms with Crippen LogP contribution in [0.4, 0.5) is 5.69 Å². The van der Waals surface area contributed by atoms with Crippen LogP contribution in [0.15, 0.2) is 18.2 Å². The van der Waals surface area contributed by atoms with Gasteiger partial charge in [0.15, 0.2) is 0 Å². The molecule has 0 aromatic heterocycles. The molecule has 1 unspecified atom stereocenters. The number of hydrogen-bond donors (Lipinski definition) is 2. The molecule has 1 atom stereocenters. The molecule has 0 spiro atoms.